The van der Waals surface area contributed by atoms with Gasteiger partial charge in [-0.1, -0.05) is 397 Å². The molecular weight excluding hydrogens is 1250 g/mol. The Hall–Kier alpha value is -1.79. The number of hydrogen-bond acceptors (Lipinski definition) is 13. The molecule has 0 aromatic carbocycles. The van der Waals surface area contributed by atoms with E-state index in [-0.39, 0.29) is 18.9 Å². The average Bonchev–Trinajstić information content (AvgIpc) is 0.791. The van der Waals surface area contributed by atoms with Crippen molar-refractivity contribution in [2.24, 2.45) is 0 Å². The maximum atomic E-state index is 13.4. The monoisotopic (exact) mass is 1420 g/mol. The van der Waals surface area contributed by atoms with Crippen molar-refractivity contribution in [3.8, 4) is 0 Å². The van der Waals surface area contributed by atoms with E-state index in [0.717, 1.165) is 44.9 Å². The van der Waals surface area contributed by atoms with Gasteiger partial charge in [0.15, 0.2) is 12.6 Å². The number of rotatable bonds is 74. The summed E-state index contributed by atoms with van der Waals surface area (Å²) in [4.78, 5) is 13.4. The molecule has 12 unspecified atom stereocenters. The van der Waals surface area contributed by atoms with Gasteiger partial charge in [-0.15, -0.1) is 0 Å². The van der Waals surface area contributed by atoms with Crippen molar-refractivity contribution in [2.45, 2.75) is 485 Å². The lowest BCUT2D eigenvalue weighted by Gasteiger charge is -2.46. The van der Waals surface area contributed by atoms with Crippen molar-refractivity contribution >= 4 is 5.91 Å². The highest BCUT2D eigenvalue weighted by Gasteiger charge is 2.51. The summed E-state index contributed by atoms with van der Waals surface area (Å²) in [6.45, 7) is 2.85. The maximum Gasteiger partial charge on any atom is 0.220 e. The Morgan fingerprint density at radius 1 is 0.350 bits per heavy atom. The third kappa shape index (κ3) is 52.2. The maximum absolute atomic E-state index is 13.4. The molecule has 9 N–H and O–H groups in total. The number of hydrogen-bond donors (Lipinski definition) is 9. The van der Waals surface area contributed by atoms with Crippen LogP contribution in [0.5, 0.6) is 0 Å². The molecule has 2 heterocycles. The van der Waals surface area contributed by atoms with Gasteiger partial charge in [0.2, 0.25) is 5.91 Å². The molecule has 0 spiro atoms. The number of amides is 1. The highest BCUT2D eigenvalue weighted by Crippen LogP contribution is 2.31. The Labute approximate surface area is 614 Å². The summed E-state index contributed by atoms with van der Waals surface area (Å²) < 4.78 is 22.9. The van der Waals surface area contributed by atoms with Crippen LogP contribution in [-0.2, 0) is 23.7 Å². The fraction of sp³-hybridized carbons (Fsp3) is 0.919. The molecule has 2 aliphatic heterocycles. The standard InChI is InChI=1S/C86H163NO13/c1-3-5-7-9-11-13-15-17-19-21-23-25-27-29-31-33-35-36-37-38-39-40-42-44-46-48-50-52-54-56-58-60-62-64-66-68-70-78(91)87-74(73-97-85-83(96)81(94)84(77(72-89)99-85)100-86-82(95)80(93)79(92)76(71-88)98-86)75(90)69-67-65-63-61-59-57-55-53-51-49-47-45-43-41-34-32-30-28-26-24-22-20-18-16-14-12-10-8-6-4-2/h51,53,59,61,67,69,74-77,79-86,88-90,92-96H,3-50,52,54-58,60,62-66,68,70-73H2,1-2H3,(H,87,91)/b53-51+,61-59+,69-67+. The van der Waals surface area contributed by atoms with Gasteiger partial charge in [0.05, 0.1) is 32.0 Å². The summed E-state index contributed by atoms with van der Waals surface area (Å²) in [5.74, 6) is -0.244. The Kier molecular flexibility index (Phi) is 66.2. The lowest BCUT2D eigenvalue weighted by atomic mass is 9.97. The van der Waals surface area contributed by atoms with Crippen LogP contribution in [0.1, 0.15) is 412 Å². The van der Waals surface area contributed by atoms with Crippen LogP contribution in [0.15, 0.2) is 36.5 Å². The van der Waals surface area contributed by atoms with Crippen LogP contribution in [0.25, 0.3) is 0 Å². The first kappa shape index (κ1) is 94.3. The summed E-state index contributed by atoms with van der Waals surface area (Å²) in [7, 11) is 0. The number of aliphatic hydroxyl groups is 8. The first-order chi connectivity index (χ1) is 49.1. The van der Waals surface area contributed by atoms with Crippen molar-refractivity contribution in [3.05, 3.63) is 36.5 Å². The van der Waals surface area contributed by atoms with E-state index in [0.29, 0.717) is 12.8 Å². The van der Waals surface area contributed by atoms with Gasteiger partial charge in [-0.3, -0.25) is 4.79 Å². The zero-order chi connectivity index (χ0) is 72.2. The van der Waals surface area contributed by atoms with E-state index in [1.165, 1.54) is 334 Å². The highest BCUT2D eigenvalue weighted by atomic mass is 16.7. The number of carbonyl (C=O) groups is 1. The van der Waals surface area contributed by atoms with E-state index >= 15 is 0 Å². The van der Waals surface area contributed by atoms with Gasteiger partial charge >= 0.3 is 0 Å². The smallest absolute Gasteiger partial charge is 0.220 e. The van der Waals surface area contributed by atoms with Gasteiger partial charge in [0, 0.05) is 6.42 Å². The van der Waals surface area contributed by atoms with Crippen LogP contribution in [0.2, 0.25) is 0 Å². The van der Waals surface area contributed by atoms with Crippen LogP contribution >= 0.6 is 0 Å². The minimum absolute atomic E-state index is 0.244. The van der Waals surface area contributed by atoms with Gasteiger partial charge in [0.25, 0.3) is 0 Å². The fourth-order valence-corrected chi connectivity index (χ4v) is 14.5. The number of aliphatic hydroxyl groups excluding tert-OH is 8. The summed E-state index contributed by atoms with van der Waals surface area (Å²) in [6.07, 6.45) is 77.0. The Morgan fingerprint density at radius 3 is 0.980 bits per heavy atom. The summed E-state index contributed by atoms with van der Waals surface area (Å²) in [6, 6.07) is -0.939. The molecule has 12 atom stereocenters. The van der Waals surface area contributed by atoms with E-state index in [1.807, 2.05) is 6.08 Å². The molecular formula is C86H163NO13. The van der Waals surface area contributed by atoms with Crippen molar-refractivity contribution in [3.63, 3.8) is 0 Å². The van der Waals surface area contributed by atoms with Crippen LogP contribution in [-0.4, -0.2) is 140 Å². The molecule has 2 saturated heterocycles. The first-order valence-corrected chi connectivity index (χ1v) is 43.2. The van der Waals surface area contributed by atoms with Gasteiger partial charge in [0.1, 0.15) is 48.8 Å². The van der Waals surface area contributed by atoms with Crippen LogP contribution < -0.4 is 5.32 Å². The molecule has 100 heavy (non-hydrogen) atoms. The molecule has 14 heteroatoms. The molecule has 2 aliphatic rings. The molecule has 0 aromatic heterocycles. The molecule has 2 fully saturated rings. The van der Waals surface area contributed by atoms with Crippen molar-refractivity contribution in [1.82, 2.24) is 5.32 Å². The summed E-state index contributed by atoms with van der Waals surface area (Å²) in [5, 5.41) is 87.7. The van der Waals surface area contributed by atoms with Crippen molar-refractivity contribution in [1.29, 1.82) is 0 Å². The normalized spacial score (nSPS) is 21.9. The molecule has 0 radical (unpaired) electrons. The second-order valence-corrected chi connectivity index (χ2v) is 30.7. The Balaban J connectivity index is 1.59. The Bertz CT molecular complexity index is 1820. The number of ether oxygens (including phenoxy) is 4. The van der Waals surface area contributed by atoms with Crippen molar-refractivity contribution in [2.75, 3.05) is 19.8 Å². The van der Waals surface area contributed by atoms with Crippen LogP contribution in [0.4, 0.5) is 0 Å². The second kappa shape index (κ2) is 70.2. The fourth-order valence-electron chi connectivity index (χ4n) is 14.5. The zero-order valence-electron chi connectivity index (χ0n) is 65.0. The number of allylic oxidation sites excluding steroid dienone is 5. The topological polar surface area (TPSA) is 228 Å². The number of carbonyl (C=O) groups excluding carboxylic acids is 1. The summed E-state index contributed by atoms with van der Waals surface area (Å²) in [5.41, 5.74) is 0. The molecule has 14 nitrogen and oxygen atoms in total. The Morgan fingerprint density at radius 2 is 0.640 bits per heavy atom. The minimum Gasteiger partial charge on any atom is -0.394 e. The zero-order valence-corrected chi connectivity index (χ0v) is 65.0. The van der Waals surface area contributed by atoms with E-state index in [9.17, 15) is 45.6 Å². The van der Waals surface area contributed by atoms with Gasteiger partial charge in [-0.25, -0.2) is 0 Å². The number of nitrogens with one attached hydrogen (secondary N) is 1. The van der Waals surface area contributed by atoms with E-state index < -0.39 is 86.8 Å². The molecule has 0 aromatic rings. The van der Waals surface area contributed by atoms with E-state index in [1.54, 1.807) is 6.08 Å². The van der Waals surface area contributed by atoms with Gasteiger partial charge in [-0.05, 0) is 44.9 Å². The van der Waals surface area contributed by atoms with Crippen molar-refractivity contribution < 1.29 is 64.6 Å². The minimum atomic E-state index is -1.79. The summed E-state index contributed by atoms with van der Waals surface area (Å²) >= 11 is 0. The van der Waals surface area contributed by atoms with Crippen LogP contribution in [0, 0.1) is 0 Å². The quantitative estimate of drug-likeness (QED) is 0.0204. The van der Waals surface area contributed by atoms with Gasteiger partial charge < -0.3 is 65.1 Å². The predicted molar refractivity (Wildman–Crippen MR) is 415 cm³/mol. The van der Waals surface area contributed by atoms with Crippen LogP contribution in [0.3, 0.4) is 0 Å². The lowest BCUT2D eigenvalue weighted by Crippen LogP contribution is -2.65. The molecule has 0 saturated carbocycles. The molecule has 0 aliphatic carbocycles. The van der Waals surface area contributed by atoms with E-state index in [2.05, 4.69) is 43.5 Å². The highest BCUT2D eigenvalue weighted by molar-refractivity contribution is 5.76. The number of unbranched alkanes of at least 4 members (excludes halogenated alkanes) is 57. The van der Waals surface area contributed by atoms with E-state index in [4.69, 9.17) is 18.9 Å². The third-order valence-corrected chi connectivity index (χ3v) is 21.3. The molecule has 0 bridgehead atoms. The first-order valence-electron chi connectivity index (χ1n) is 43.2. The molecule has 1 amide bonds. The third-order valence-electron chi connectivity index (χ3n) is 21.3. The predicted octanol–water partition coefficient (Wildman–Crippen LogP) is 20.4. The average molecular weight is 1420 g/mol. The SMILES string of the molecule is CCCCCCCCCCCCCCCCCCCCCC/C=C/CC/C=C/CC/C=C/C(O)C(COC1OC(CO)C(OC2OC(CO)C(O)C(O)C2O)C(O)C1O)NC(=O)CCCCCCCCCCCCCCCCCCCCCCCCCCCCCCCCCCCCCC. The lowest BCUT2D eigenvalue weighted by molar-refractivity contribution is -0.359. The largest absolute Gasteiger partial charge is 0.394 e. The molecule has 2 rings (SSSR count). The van der Waals surface area contributed by atoms with Gasteiger partial charge in [-0.2, -0.15) is 0 Å². The molecule has 590 valence electrons. The second-order valence-electron chi connectivity index (χ2n) is 30.7.